The molecule has 0 N–H and O–H groups in total. The Kier molecular flexibility index (Phi) is 5.27. The zero-order valence-electron chi connectivity index (χ0n) is 15.5. The molecule has 3 aromatic rings. The highest BCUT2D eigenvalue weighted by Crippen LogP contribution is 2.31. The van der Waals surface area contributed by atoms with Crippen molar-refractivity contribution in [3.63, 3.8) is 0 Å². The molecule has 1 aliphatic heterocycles. The first-order chi connectivity index (χ1) is 13.2. The molecule has 1 aliphatic rings. The molecule has 2 heterocycles. The van der Waals surface area contributed by atoms with Gasteiger partial charge in [-0.1, -0.05) is 18.2 Å². The quantitative estimate of drug-likeness (QED) is 0.639. The van der Waals surface area contributed by atoms with Gasteiger partial charge in [-0.3, -0.25) is 4.90 Å². The minimum atomic E-state index is 0.609. The number of ether oxygens (including phenoxy) is 3. The molecule has 0 aliphatic carbocycles. The zero-order chi connectivity index (χ0) is 18.6. The molecule has 27 heavy (non-hydrogen) atoms. The maximum Gasteiger partial charge on any atom is 0.161 e. The van der Waals surface area contributed by atoms with Crippen molar-refractivity contribution in [2.24, 2.45) is 0 Å². The molecule has 4 rings (SSSR count). The lowest BCUT2D eigenvalue weighted by Crippen LogP contribution is -2.18. The molecule has 140 valence electrons. The van der Waals surface area contributed by atoms with Gasteiger partial charge < -0.3 is 14.2 Å². The number of nitrogens with zero attached hydrogens (tertiary/aromatic N) is 2. The Morgan fingerprint density at radius 2 is 1.93 bits per heavy atom. The Morgan fingerprint density at radius 3 is 2.78 bits per heavy atom. The summed E-state index contributed by atoms with van der Waals surface area (Å²) < 4.78 is 16.6. The number of fused-ring (bicyclic) bond motifs is 1. The maximum atomic E-state index is 5.67. The van der Waals surface area contributed by atoms with Crippen LogP contribution in [0.3, 0.4) is 0 Å². The van der Waals surface area contributed by atoms with Crippen molar-refractivity contribution in [1.82, 2.24) is 9.88 Å². The van der Waals surface area contributed by atoms with Gasteiger partial charge in [-0.2, -0.15) is 0 Å². The van der Waals surface area contributed by atoms with Gasteiger partial charge in [0.05, 0.1) is 12.8 Å². The summed E-state index contributed by atoms with van der Waals surface area (Å²) in [6, 6.07) is 14.1. The molecule has 0 fully saturated rings. The van der Waals surface area contributed by atoms with Gasteiger partial charge in [0.2, 0.25) is 0 Å². The predicted octanol–water partition coefficient (Wildman–Crippen LogP) is 4.22. The molecule has 0 radical (unpaired) electrons. The van der Waals surface area contributed by atoms with Crippen molar-refractivity contribution in [3.05, 3.63) is 59.1 Å². The number of hydrogen-bond acceptors (Lipinski definition) is 6. The van der Waals surface area contributed by atoms with Crippen LogP contribution in [0, 0.1) is 0 Å². The van der Waals surface area contributed by atoms with Crippen LogP contribution in [-0.4, -0.2) is 37.3 Å². The fourth-order valence-corrected chi connectivity index (χ4v) is 3.91. The molecule has 0 spiro atoms. The summed E-state index contributed by atoms with van der Waals surface area (Å²) in [5.41, 5.74) is 3.35. The first-order valence-corrected chi connectivity index (χ1v) is 9.75. The van der Waals surface area contributed by atoms with Gasteiger partial charge in [0.1, 0.15) is 24.0 Å². The molecule has 0 saturated heterocycles. The lowest BCUT2D eigenvalue weighted by Gasteiger charge is -2.20. The van der Waals surface area contributed by atoms with Gasteiger partial charge >= 0.3 is 0 Å². The van der Waals surface area contributed by atoms with E-state index in [1.54, 1.807) is 18.4 Å². The second kappa shape index (κ2) is 7.98. The standard InChI is InChI=1S/C21H22N2O3S/c1-23(12-15-6-7-19-20(10-15)26-9-8-25-19)13-17-14-27-21(22-17)16-4-3-5-18(11-16)24-2/h3-7,10-11,14H,8-9,12-13H2,1-2H3. The number of hydrogen-bond donors (Lipinski definition) is 0. The van der Waals surface area contributed by atoms with Crippen LogP contribution in [0.4, 0.5) is 0 Å². The molecule has 2 aromatic carbocycles. The monoisotopic (exact) mass is 382 g/mol. The topological polar surface area (TPSA) is 43.8 Å². The Hall–Kier alpha value is -2.57. The van der Waals surface area contributed by atoms with Crippen LogP contribution < -0.4 is 14.2 Å². The number of benzene rings is 2. The van der Waals surface area contributed by atoms with Gasteiger partial charge in [0.15, 0.2) is 11.5 Å². The van der Waals surface area contributed by atoms with E-state index in [2.05, 4.69) is 35.5 Å². The van der Waals surface area contributed by atoms with E-state index in [-0.39, 0.29) is 0 Å². The number of aromatic nitrogens is 1. The number of methoxy groups -OCH3 is 1. The van der Waals surface area contributed by atoms with Gasteiger partial charge in [0, 0.05) is 24.0 Å². The molecule has 1 aromatic heterocycles. The Bertz CT molecular complexity index is 925. The van der Waals surface area contributed by atoms with Crippen LogP contribution in [0.25, 0.3) is 10.6 Å². The summed E-state index contributed by atoms with van der Waals surface area (Å²) >= 11 is 1.66. The van der Waals surface area contributed by atoms with Gasteiger partial charge in [0.25, 0.3) is 0 Å². The van der Waals surface area contributed by atoms with Crippen molar-refractivity contribution in [1.29, 1.82) is 0 Å². The van der Waals surface area contributed by atoms with Crippen molar-refractivity contribution < 1.29 is 14.2 Å². The zero-order valence-corrected chi connectivity index (χ0v) is 16.3. The van der Waals surface area contributed by atoms with Crippen molar-refractivity contribution in [2.45, 2.75) is 13.1 Å². The normalized spacial score (nSPS) is 13.0. The van der Waals surface area contributed by atoms with Crippen molar-refractivity contribution in [3.8, 4) is 27.8 Å². The third-order valence-corrected chi connectivity index (χ3v) is 5.30. The molecule has 0 atom stereocenters. The van der Waals surface area contributed by atoms with E-state index in [9.17, 15) is 0 Å². The first kappa shape index (κ1) is 17.8. The molecular weight excluding hydrogens is 360 g/mol. The second-order valence-electron chi connectivity index (χ2n) is 6.53. The number of rotatable bonds is 6. The van der Waals surface area contributed by atoms with Gasteiger partial charge in [-0.05, 0) is 36.9 Å². The Morgan fingerprint density at radius 1 is 1.07 bits per heavy atom. The summed E-state index contributed by atoms with van der Waals surface area (Å²) in [7, 11) is 3.78. The summed E-state index contributed by atoms with van der Waals surface area (Å²) in [5.74, 6) is 2.51. The third kappa shape index (κ3) is 4.23. The molecule has 0 unspecified atom stereocenters. The molecule has 0 amide bonds. The highest BCUT2D eigenvalue weighted by Gasteiger charge is 2.13. The average molecular weight is 382 g/mol. The van der Waals surface area contributed by atoms with Crippen molar-refractivity contribution in [2.75, 3.05) is 27.4 Å². The minimum Gasteiger partial charge on any atom is -0.497 e. The lowest BCUT2D eigenvalue weighted by molar-refractivity contribution is 0.171. The highest BCUT2D eigenvalue weighted by atomic mass is 32.1. The van der Waals surface area contributed by atoms with Crippen LogP contribution in [0.2, 0.25) is 0 Å². The highest BCUT2D eigenvalue weighted by molar-refractivity contribution is 7.13. The molecule has 5 nitrogen and oxygen atoms in total. The summed E-state index contributed by atoms with van der Waals surface area (Å²) in [6.45, 7) is 2.83. The fraction of sp³-hybridized carbons (Fsp3) is 0.286. The van der Waals surface area contributed by atoms with E-state index in [4.69, 9.17) is 19.2 Å². The summed E-state index contributed by atoms with van der Waals surface area (Å²) in [4.78, 5) is 7.03. The average Bonchev–Trinajstić information content (AvgIpc) is 3.16. The van der Waals surface area contributed by atoms with E-state index < -0.39 is 0 Å². The molecular formula is C21H22N2O3S. The Balaban J connectivity index is 1.41. The summed E-state index contributed by atoms with van der Waals surface area (Å²) in [5, 5.41) is 3.13. The van der Waals surface area contributed by atoms with Crippen LogP contribution in [0.15, 0.2) is 47.8 Å². The second-order valence-corrected chi connectivity index (χ2v) is 7.38. The van der Waals surface area contributed by atoms with E-state index in [1.165, 1.54) is 5.56 Å². The SMILES string of the molecule is COc1cccc(-c2nc(CN(C)Cc3ccc4c(c3)OCCO4)cs2)c1. The molecule has 6 heteroatoms. The smallest absolute Gasteiger partial charge is 0.161 e. The van der Waals surface area contributed by atoms with Crippen LogP contribution in [-0.2, 0) is 13.1 Å². The van der Waals surface area contributed by atoms with E-state index in [0.717, 1.165) is 46.6 Å². The largest absolute Gasteiger partial charge is 0.497 e. The lowest BCUT2D eigenvalue weighted by atomic mass is 10.2. The van der Waals surface area contributed by atoms with Crippen LogP contribution in [0.5, 0.6) is 17.2 Å². The fourth-order valence-electron chi connectivity index (χ4n) is 3.10. The van der Waals surface area contributed by atoms with Crippen molar-refractivity contribution >= 4 is 11.3 Å². The number of thiazole rings is 1. The van der Waals surface area contributed by atoms with Crippen LogP contribution in [0.1, 0.15) is 11.3 Å². The minimum absolute atomic E-state index is 0.609. The maximum absolute atomic E-state index is 5.67. The van der Waals surface area contributed by atoms with Gasteiger partial charge in [-0.25, -0.2) is 4.98 Å². The van der Waals surface area contributed by atoms with Crippen LogP contribution >= 0.6 is 11.3 Å². The molecule has 0 saturated carbocycles. The Labute approximate surface area is 163 Å². The molecule has 0 bridgehead atoms. The van der Waals surface area contributed by atoms with E-state index in [1.807, 2.05) is 24.3 Å². The van der Waals surface area contributed by atoms with E-state index >= 15 is 0 Å². The van der Waals surface area contributed by atoms with Gasteiger partial charge in [-0.15, -0.1) is 11.3 Å². The predicted molar refractivity (Wildman–Crippen MR) is 107 cm³/mol. The third-order valence-electron chi connectivity index (χ3n) is 4.36. The first-order valence-electron chi connectivity index (χ1n) is 8.87. The summed E-state index contributed by atoms with van der Waals surface area (Å²) in [6.07, 6.45) is 0. The van der Waals surface area contributed by atoms with E-state index in [0.29, 0.717) is 13.2 Å².